The zero-order valence-electron chi connectivity index (χ0n) is 19.1. The van der Waals surface area contributed by atoms with Crippen LogP contribution in [0.3, 0.4) is 0 Å². The molecule has 33 heavy (non-hydrogen) atoms. The maximum Gasteiger partial charge on any atom is 0.133 e. The van der Waals surface area contributed by atoms with E-state index in [1.165, 1.54) is 23.3 Å². The molecule has 4 rings (SSSR count). The zero-order chi connectivity index (χ0) is 23.2. The topological polar surface area (TPSA) is 6.48 Å². The lowest BCUT2D eigenvalue weighted by Crippen LogP contribution is -2.47. The minimum Gasteiger partial charge on any atom is -0.301 e. The molecule has 0 amide bonds. The average Bonchev–Trinajstić information content (AvgIpc) is 2.81. The van der Waals surface area contributed by atoms with Gasteiger partial charge in [0.1, 0.15) is 11.6 Å². The Morgan fingerprint density at radius 2 is 1.45 bits per heavy atom. The fourth-order valence-corrected chi connectivity index (χ4v) is 4.62. The summed E-state index contributed by atoms with van der Waals surface area (Å²) in [5, 5.41) is 0.787. The van der Waals surface area contributed by atoms with Crippen LogP contribution >= 0.6 is 11.6 Å². The first-order chi connectivity index (χ1) is 16.0. The molecule has 0 aromatic heterocycles. The third-order valence-corrected chi connectivity index (χ3v) is 6.73. The summed E-state index contributed by atoms with van der Waals surface area (Å²) in [5.41, 5.74) is 3.78. The van der Waals surface area contributed by atoms with E-state index in [2.05, 4.69) is 41.0 Å². The second kappa shape index (κ2) is 11.2. The minimum atomic E-state index is -0.551. The van der Waals surface area contributed by atoms with Crippen molar-refractivity contribution in [2.45, 2.75) is 26.3 Å². The van der Waals surface area contributed by atoms with Gasteiger partial charge in [0, 0.05) is 55.9 Å². The van der Waals surface area contributed by atoms with Gasteiger partial charge < -0.3 is 4.90 Å². The summed E-state index contributed by atoms with van der Waals surface area (Å²) in [5.74, 6) is -0.462. The number of nitrogens with zero attached hydrogens (tertiary/aromatic N) is 2. The van der Waals surface area contributed by atoms with Gasteiger partial charge in [0.2, 0.25) is 0 Å². The van der Waals surface area contributed by atoms with Crippen LogP contribution in [0.25, 0.3) is 11.1 Å². The number of hydrogen-bond acceptors (Lipinski definition) is 2. The van der Waals surface area contributed by atoms with Crippen molar-refractivity contribution >= 4 is 11.6 Å². The summed E-state index contributed by atoms with van der Waals surface area (Å²) >= 11 is 5.98. The Hall–Kier alpha value is -2.27. The van der Waals surface area contributed by atoms with Crippen molar-refractivity contribution in [1.29, 1.82) is 0 Å². The predicted molar refractivity (Wildman–Crippen MR) is 132 cm³/mol. The van der Waals surface area contributed by atoms with Crippen molar-refractivity contribution in [2.24, 2.45) is 5.92 Å². The van der Waals surface area contributed by atoms with Crippen LogP contribution in [0.2, 0.25) is 5.02 Å². The van der Waals surface area contributed by atoms with Gasteiger partial charge in [-0.1, -0.05) is 54.9 Å². The van der Waals surface area contributed by atoms with Crippen LogP contribution in [0.1, 0.15) is 24.5 Å². The van der Waals surface area contributed by atoms with Crippen LogP contribution in [0, 0.1) is 17.6 Å². The molecule has 1 aliphatic rings. The summed E-state index contributed by atoms with van der Waals surface area (Å²) in [6.45, 7) is 8.83. The molecule has 174 valence electrons. The summed E-state index contributed by atoms with van der Waals surface area (Å²) in [7, 11) is 0. The average molecular weight is 469 g/mol. The Kier molecular flexibility index (Phi) is 8.13. The van der Waals surface area contributed by atoms with Crippen molar-refractivity contribution in [3.63, 3.8) is 0 Å². The normalized spacial score (nSPS) is 16.1. The fourth-order valence-electron chi connectivity index (χ4n) is 4.50. The second-order valence-corrected chi connectivity index (χ2v) is 9.60. The third-order valence-electron chi connectivity index (χ3n) is 6.48. The van der Waals surface area contributed by atoms with Crippen LogP contribution in [0.15, 0.2) is 66.7 Å². The molecule has 0 saturated carbocycles. The Balaban J connectivity index is 1.20. The van der Waals surface area contributed by atoms with Crippen molar-refractivity contribution in [3.05, 3.63) is 94.5 Å². The van der Waals surface area contributed by atoms with E-state index < -0.39 is 11.6 Å². The molecule has 2 nitrogen and oxygen atoms in total. The van der Waals surface area contributed by atoms with Crippen molar-refractivity contribution in [1.82, 2.24) is 9.80 Å². The van der Waals surface area contributed by atoms with Gasteiger partial charge >= 0.3 is 0 Å². The molecular weight excluding hydrogens is 438 g/mol. The highest BCUT2D eigenvalue weighted by Gasteiger charge is 2.18. The first-order valence-corrected chi connectivity index (χ1v) is 12.1. The molecule has 1 fully saturated rings. The number of hydrogen-bond donors (Lipinski definition) is 0. The molecule has 0 spiro atoms. The van der Waals surface area contributed by atoms with E-state index in [4.69, 9.17) is 11.6 Å². The standard InChI is InChI=1S/C28H31ClF2N2/c1-21(19-32-14-16-33(17-15-32)20-23-6-10-25(29)11-7-23)2-3-22-4-8-24(9-5-22)27-13-12-26(30)18-28(27)31/h4-13,18,21H,2-3,14-17,19-20H2,1H3/t21-/m1/s1. The summed E-state index contributed by atoms with van der Waals surface area (Å²) in [4.78, 5) is 5.08. The lowest BCUT2D eigenvalue weighted by atomic mass is 9.98. The maximum absolute atomic E-state index is 14.0. The molecule has 1 saturated heterocycles. The molecule has 0 unspecified atom stereocenters. The molecule has 1 heterocycles. The number of aryl methyl sites for hydroxylation is 1. The summed E-state index contributed by atoms with van der Waals surface area (Å²) < 4.78 is 27.2. The van der Waals surface area contributed by atoms with E-state index >= 15 is 0 Å². The Morgan fingerprint density at radius 1 is 0.818 bits per heavy atom. The number of benzene rings is 3. The molecule has 3 aromatic carbocycles. The van der Waals surface area contributed by atoms with Gasteiger partial charge in [-0.25, -0.2) is 8.78 Å². The first kappa shape index (κ1) is 23.9. The molecule has 1 aliphatic heterocycles. The van der Waals surface area contributed by atoms with Gasteiger partial charge in [-0.05, 0) is 59.7 Å². The SMILES string of the molecule is C[C@H](CCc1ccc(-c2ccc(F)cc2F)cc1)CN1CCN(Cc2ccc(Cl)cc2)CC1. The monoisotopic (exact) mass is 468 g/mol. The minimum absolute atomic E-state index is 0.437. The van der Waals surface area contributed by atoms with Crippen LogP contribution in [0.5, 0.6) is 0 Å². The highest BCUT2D eigenvalue weighted by Crippen LogP contribution is 2.24. The fraction of sp³-hybridized carbons (Fsp3) is 0.357. The Bertz CT molecular complexity index is 1030. The molecule has 0 radical (unpaired) electrons. The highest BCUT2D eigenvalue weighted by atomic mass is 35.5. The number of piperazine rings is 1. The van der Waals surface area contributed by atoms with E-state index in [0.29, 0.717) is 11.5 Å². The van der Waals surface area contributed by atoms with Crippen LogP contribution in [0.4, 0.5) is 8.78 Å². The maximum atomic E-state index is 14.0. The van der Waals surface area contributed by atoms with E-state index in [-0.39, 0.29) is 0 Å². The van der Waals surface area contributed by atoms with Gasteiger partial charge in [0.15, 0.2) is 0 Å². The van der Waals surface area contributed by atoms with Gasteiger partial charge in [-0.2, -0.15) is 0 Å². The number of halogens is 3. The molecule has 5 heteroatoms. The molecular formula is C28H31ClF2N2. The first-order valence-electron chi connectivity index (χ1n) is 11.7. The Labute approximate surface area is 200 Å². The van der Waals surface area contributed by atoms with E-state index in [9.17, 15) is 8.78 Å². The van der Waals surface area contributed by atoms with E-state index in [0.717, 1.165) is 68.8 Å². The third kappa shape index (κ3) is 6.86. The molecule has 0 aliphatic carbocycles. The largest absolute Gasteiger partial charge is 0.301 e. The van der Waals surface area contributed by atoms with Crippen molar-refractivity contribution in [3.8, 4) is 11.1 Å². The van der Waals surface area contributed by atoms with Crippen LogP contribution < -0.4 is 0 Å². The molecule has 0 N–H and O–H groups in total. The van der Waals surface area contributed by atoms with Crippen molar-refractivity contribution in [2.75, 3.05) is 32.7 Å². The zero-order valence-corrected chi connectivity index (χ0v) is 19.9. The second-order valence-electron chi connectivity index (χ2n) is 9.17. The molecule has 0 bridgehead atoms. The van der Waals surface area contributed by atoms with Gasteiger partial charge in [0.25, 0.3) is 0 Å². The smallest absolute Gasteiger partial charge is 0.133 e. The van der Waals surface area contributed by atoms with Crippen LogP contribution in [-0.4, -0.2) is 42.5 Å². The van der Waals surface area contributed by atoms with Gasteiger partial charge in [0.05, 0.1) is 0 Å². The van der Waals surface area contributed by atoms with E-state index in [1.807, 2.05) is 24.3 Å². The summed E-state index contributed by atoms with van der Waals surface area (Å²) in [6.07, 6.45) is 2.12. The highest BCUT2D eigenvalue weighted by molar-refractivity contribution is 6.30. The van der Waals surface area contributed by atoms with Crippen molar-refractivity contribution < 1.29 is 8.78 Å². The van der Waals surface area contributed by atoms with E-state index in [1.54, 1.807) is 0 Å². The molecule has 1 atom stereocenters. The van der Waals surface area contributed by atoms with Gasteiger partial charge in [-0.3, -0.25) is 4.90 Å². The quantitative estimate of drug-likeness (QED) is 0.364. The summed E-state index contributed by atoms with van der Waals surface area (Å²) in [6, 6.07) is 19.8. The number of rotatable bonds is 8. The Morgan fingerprint density at radius 3 is 2.12 bits per heavy atom. The van der Waals surface area contributed by atoms with Gasteiger partial charge in [-0.15, -0.1) is 0 Å². The van der Waals surface area contributed by atoms with Crippen LogP contribution in [-0.2, 0) is 13.0 Å². The molecule has 3 aromatic rings. The lowest BCUT2D eigenvalue weighted by molar-refractivity contribution is 0.114. The lowest BCUT2D eigenvalue weighted by Gasteiger charge is -2.36. The predicted octanol–water partition coefficient (Wildman–Crippen LogP) is 6.67.